The second-order valence-electron chi connectivity index (χ2n) is 6.49. The smallest absolute Gasteiger partial charge is 0.348 e. The molecule has 0 unspecified atom stereocenters. The van der Waals surface area contributed by atoms with Crippen molar-refractivity contribution in [2.45, 2.75) is 10.9 Å². The average molecular weight is 454 g/mol. The van der Waals surface area contributed by atoms with Gasteiger partial charge in [0.2, 0.25) is 0 Å². The van der Waals surface area contributed by atoms with Gasteiger partial charge in [0.25, 0.3) is 0 Å². The number of rotatable bonds is 7. The Labute approximate surface area is 186 Å². The monoisotopic (exact) mass is 453 g/mol. The molecular formula is C22H19N3O4S2. The molecule has 0 bridgehead atoms. The lowest BCUT2D eigenvalue weighted by molar-refractivity contribution is 0.0703. The third kappa shape index (κ3) is 4.01. The van der Waals surface area contributed by atoms with Crippen LogP contribution in [0.4, 0.5) is 5.69 Å². The third-order valence-corrected chi connectivity index (χ3v) is 6.63. The molecule has 0 radical (unpaired) electrons. The Bertz CT molecular complexity index is 1260. The molecule has 0 saturated heterocycles. The maximum atomic E-state index is 11.6. The van der Waals surface area contributed by atoms with E-state index in [1.165, 1.54) is 11.8 Å². The Morgan fingerprint density at radius 1 is 1.10 bits per heavy atom. The summed E-state index contributed by atoms with van der Waals surface area (Å²) in [6.45, 7) is 0. The number of carboxylic acid groups (broad SMARTS) is 1. The Hall–Kier alpha value is -3.30. The number of benzene rings is 2. The van der Waals surface area contributed by atoms with Crippen LogP contribution in [0.1, 0.15) is 15.2 Å². The fourth-order valence-corrected chi connectivity index (χ4v) is 5.06. The van der Waals surface area contributed by atoms with Crippen LogP contribution in [0.3, 0.4) is 0 Å². The molecule has 4 aromatic rings. The minimum Gasteiger partial charge on any atom is -0.493 e. The number of nitrogen functional groups attached to an aromatic ring is 1. The van der Waals surface area contributed by atoms with Crippen LogP contribution in [0.2, 0.25) is 0 Å². The summed E-state index contributed by atoms with van der Waals surface area (Å²) in [5.74, 6) is 0.788. The van der Waals surface area contributed by atoms with Gasteiger partial charge in [-0.3, -0.25) is 0 Å². The molecule has 0 saturated carbocycles. The number of methoxy groups -OCH3 is 2. The van der Waals surface area contributed by atoms with Gasteiger partial charge in [-0.15, -0.1) is 11.3 Å². The predicted octanol–water partition coefficient (Wildman–Crippen LogP) is 4.95. The number of hydrogen-bond donors (Lipinski definition) is 2. The van der Waals surface area contributed by atoms with E-state index in [0.717, 1.165) is 22.5 Å². The summed E-state index contributed by atoms with van der Waals surface area (Å²) < 4.78 is 10.9. The van der Waals surface area contributed by atoms with Crippen molar-refractivity contribution in [1.29, 1.82) is 0 Å². The number of aromatic nitrogens is 2. The third-order valence-electron chi connectivity index (χ3n) is 4.65. The number of nitrogens with zero attached hydrogens (tertiary/aromatic N) is 2. The number of anilines is 1. The molecule has 0 spiro atoms. The minimum atomic E-state index is -1.07. The van der Waals surface area contributed by atoms with Gasteiger partial charge in [-0.05, 0) is 6.07 Å². The van der Waals surface area contributed by atoms with Crippen LogP contribution < -0.4 is 15.2 Å². The van der Waals surface area contributed by atoms with Crippen LogP contribution in [0.25, 0.3) is 21.5 Å². The van der Waals surface area contributed by atoms with E-state index >= 15 is 0 Å². The molecule has 9 heteroatoms. The van der Waals surface area contributed by atoms with Crippen molar-refractivity contribution in [2.24, 2.45) is 0 Å². The number of thiophene rings is 1. The number of para-hydroxylation sites is 1. The molecule has 158 valence electrons. The van der Waals surface area contributed by atoms with Crippen LogP contribution in [0.5, 0.6) is 11.5 Å². The zero-order valence-corrected chi connectivity index (χ0v) is 18.4. The van der Waals surface area contributed by atoms with Crippen LogP contribution in [0.15, 0.2) is 53.7 Å². The molecular weight excluding hydrogens is 434 g/mol. The van der Waals surface area contributed by atoms with E-state index in [1.807, 2.05) is 48.5 Å². The highest BCUT2D eigenvalue weighted by Gasteiger charge is 2.22. The van der Waals surface area contributed by atoms with E-state index in [-0.39, 0.29) is 10.6 Å². The maximum absolute atomic E-state index is 11.6. The average Bonchev–Trinajstić information content (AvgIpc) is 3.14. The molecule has 31 heavy (non-hydrogen) atoms. The van der Waals surface area contributed by atoms with E-state index < -0.39 is 5.97 Å². The van der Waals surface area contributed by atoms with Gasteiger partial charge in [0.05, 0.1) is 31.0 Å². The summed E-state index contributed by atoms with van der Waals surface area (Å²) in [6.07, 6.45) is 0. The van der Waals surface area contributed by atoms with E-state index in [4.69, 9.17) is 20.2 Å². The number of ether oxygens (including phenoxy) is 2. The number of carbonyl (C=O) groups is 1. The fraction of sp³-hybridized carbons (Fsp3) is 0.136. The standard InChI is InChI=1S/C22H19N3O4S2/c1-28-14-10-6-9-13(18(14)29-2)11-30-22-24-17(12-7-4-3-5-8-12)15-16(23)19(21(26)27)31-20(15)25-22/h3-10H,11,23H2,1-2H3,(H,26,27). The van der Waals surface area contributed by atoms with Crippen molar-refractivity contribution >= 4 is 45.0 Å². The molecule has 0 aliphatic heterocycles. The molecule has 2 aromatic carbocycles. The van der Waals surface area contributed by atoms with Gasteiger partial charge >= 0.3 is 5.97 Å². The fourth-order valence-electron chi connectivity index (χ4n) is 3.24. The predicted molar refractivity (Wildman–Crippen MR) is 123 cm³/mol. The first-order valence-electron chi connectivity index (χ1n) is 9.24. The first-order chi connectivity index (χ1) is 15.0. The molecule has 0 atom stereocenters. The van der Waals surface area contributed by atoms with Crippen molar-refractivity contribution in [1.82, 2.24) is 9.97 Å². The molecule has 3 N–H and O–H groups in total. The van der Waals surface area contributed by atoms with Crippen molar-refractivity contribution in [2.75, 3.05) is 20.0 Å². The van der Waals surface area contributed by atoms with Crippen LogP contribution in [-0.4, -0.2) is 35.3 Å². The van der Waals surface area contributed by atoms with E-state index in [1.54, 1.807) is 14.2 Å². The second kappa shape index (κ2) is 8.83. The first-order valence-corrected chi connectivity index (χ1v) is 11.0. The largest absolute Gasteiger partial charge is 0.493 e. The van der Waals surface area contributed by atoms with Gasteiger partial charge in [0, 0.05) is 16.9 Å². The summed E-state index contributed by atoms with van der Waals surface area (Å²) in [7, 11) is 3.20. The molecule has 7 nitrogen and oxygen atoms in total. The second-order valence-corrected chi connectivity index (χ2v) is 8.43. The molecule has 0 fully saturated rings. The molecule has 0 aliphatic rings. The van der Waals surface area contributed by atoms with Crippen molar-refractivity contribution in [3.8, 4) is 22.8 Å². The topological polar surface area (TPSA) is 108 Å². The van der Waals surface area contributed by atoms with Crippen LogP contribution in [0, 0.1) is 0 Å². The Kier molecular flexibility index (Phi) is 5.97. The number of nitrogens with two attached hydrogens (primary N) is 1. The number of carboxylic acids is 1. The molecule has 0 aliphatic carbocycles. The highest BCUT2D eigenvalue weighted by atomic mass is 32.2. The normalized spacial score (nSPS) is 10.9. The van der Waals surface area contributed by atoms with Gasteiger partial charge in [-0.1, -0.05) is 54.2 Å². The summed E-state index contributed by atoms with van der Waals surface area (Å²) in [6, 6.07) is 15.2. The number of fused-ring (bicyclic) bond motifs is 1. The highest BCUT2D eigenvalue weighted by Crippen LogP contribution is 2.40. The van der Waals surface area contributed by atoms with Gasteiger partial charge in [0.15, 0.2) is 16.7 Å². The summed E-state index contributed by atoms with van der Waals surface area (Å²) in [5.41, 5.74) is 8.77. The van der Waals surface area contributed by atoms with Crippen molar-refractivity contribution in [3.05, 3.63) is 59.0 Å². The van der Waals surface area contributed by atoms with Crippen LogP contribution >= 0.6 is 23.1 Å². The van der Waals surface area contributed by atoms with Gasteiger partial charge in [0.1, 0.15) is 9.71 Å². The molecule has 2 aromatic heterocycles. The van der Waals surface area contributed by atoms with E-state index in [2.05, 4.69) is 4.98 Å². The molecule has 0 amide bonds. The molecule has 2 heterocycles. The Balaban J connectivity index is 1.78. The number of thioether (sulfide) groups is 1. The minimum absolute atomic E-state index is 0.0677. The Morgan fingerprint density at radius 3 is 2.55 bits per heavy atom. The lowest BCUT2D eigenvalue weighted by Gasteiger charge is -2.12. The van der Waals surface area contributed by atoms with Gasteiger partial charge in [-0.25, -0.2) is 14.8 Å². The van der Waals surface area contributed by atoms with Crippen LogP contribution in [-0.2, 0) is 5.75 Å². The van der Waals surface area contributed by atoms with E-state index in [9.17, 15) is 9.90 Å². The number of hydrogen-bond acceptors (Lipinski definition) is 8. The summed E-state index contributed by atoms with van der Waals surface area (Å²) in [5, 5.41) is 10.6. The first kappa shape index (κ1) is 21.0. The van der Waals surface area contributed by atoms with Gasteiger partial charge < -0.3 is 20.3 Å². The molecule has 4 rings (SSSR count). The zero-order valence-electron chi connectivity index (χ0n) is 16.8. The maximum Gasteiger partial charge on any atom is 0.348 e. The summed E-state index contributed by atoms with van der Waals surface area (Å²) >= 11 is 2.49. The highest BCUT2D eigenvalue weighted by molar-refractivity contribution is 7.98. The van der Waals surface area contributed by atoms with Crippen molar-refractivity contribution in [3.63, 3.8) is 0 Å². The Morgan fingerprint density at radius 2 is 1.87 bits per heavy atom. The lowest BCUT2D eigenvalue weighted by atomic mass is 10.1. The lowest BCUT2D eigenvalue weighted by Crippen LogP contribution is -1.99. The summed E-state index contributed by atoms with van der Waals surface area (Å²) in [4.78, 5) is 21.6. The SMILES string of the molecule is COc1cccc(CSc2nc(-c3ccccc3)c3c(N)c(C(=O)O)sc3n2)c1OC. The van der Waals surface area contributed by atoms with Gasteiger partial charge in [-0.2, -0.15) is 0 Å². The number of aromatic carboxylic acids is 1. The zero-order chi connectivity index (χ0) is 22.0. The van der Waals surface area contributed by atoms with Crippen molar-refractivity contribution < 1.29 is 19.4 Å². The van der Waals surface area contributed by atoms with E-state index in [0.29, 0.717) is 38.3 Å². The quantitative estimate of drug-likeness (QED) is 0.299.